The lowest BCUT2D eigenvalue weighted by Gasteiger charge is -2.25. The summed E-state index contributed by atoms with van der Waals surface area (Å²) >= 11 is 0. The second-order valence-corrected chi connectivity index (χ2v) is 7.03. The van der Waals surface area contributed by atoms with Gasteiger partial charge in [-0.3, -0.25) is 9.69 Å². The first-order chi connectivity index (χ1) is 14.4. The summed E-state index contributed by atoms with van der Waals surface area (Å²) in [7, 11) is 4.15. The Morgan fingerprint density at radius 1 is 1.10 bits per heavy atom. The molecule has 0 radical (unpaired) electrons. The summed E-state index contributed by atoms with van der Waals surface area (Å²) in [5.74, 6) is -1.05. The number of ether oxygens (including phenoxy) is 4. The highest BCUT2D eigenvalue weighted by Crippen LogP contribution is 2.39. The largest absolute Gasteiger partial charge is 0.497 e. The number of carbonyl (C=O) groups is 3. The average Bonchev–Trinajstić information content (AvgIpc) is 3.13. The van der Waals surface area contributed by atoms with Crippen molar-refractivity contribution in [3.8, 4) is 5.75 Å². The van der Waals surface area contributed by atoms with E-state index >= 15 is 0 Å². The van der Waals surface area contributed by atoms with E-state index in [9.17, 15) is 14.4 Å². The third-order valence-electron chi connectivity index (χ3n) is 5.32. The lowest BCUT2D eigenvalue weighted by Crippen LogP contribution is -2.44. The van der Waals surface area contributed by atoms with Crippen LogP contribution in [0.5, 0.6) is 5.75 Å². The van der Waals surface area contributed by atoms with Crippen molar-refractivity contribution < 1.29 is 33.3 Å². The topological polar surface area (TPSA) is 91.4 Å². The van der Waals surface area contributed by atoms with Gasteiger partial charge in [0.1, 0.15) is 11.8 Å². The van der Waals surface area contributed by atoms with E-state index in [0.29, 0.717) is 0 Å². The molecular formula is C22H29NO7. The highest BCUT2D eigenvalue weighted by atomic mass is 16.6. The maximum absolute atomic E-state index is 12.6. The normalized spacial score (nSPS) is 21.2. The molecule has 1 amide bonds. The minimum atomic E-state index is -0.933. The number of esters is 2. The van der Waals surface area contributed by atoms with Crippen molar-refractivity contribution in [2.24, 2.45) is 11.8 Å². The molecule has 1 fully saturated rings. The fraction of sp³-hybridized carbons (Fsp3) is 0.500. The molecule has 0 spiro atoms. The Kier molecular flexibility index (Phi) is 8.26. The molecule has 30 heavy (non-hydrogen) atoms. The molecule has 8 heteroatoms. The molecule has 0 unspecified atom stereocenters. The van der Waals surface area contributed by atoms with Crippen LogP contribution in [-0.4, -0.2) is 63.5 Å². The van der Waals surface area contributed by atoms with E-state index in [1.165, 1.54) is 19.1 Å². The fourth-order valence-corrected chi connectivity index (χ4v) is 3.81. The quantitative estimate of drug-likeness (QED) is 0.496. The van der Waals surface area contributed by atoms with Gasteiger partial charge in [-0.15, -0.1) is 0 Å². The third-order valence-corrected chi connectivity index (χ3v) is 5.32. The summed E-state index contributed by atoms with van der Waals surface area (Å²) in [5, 5.41) is 0. The number of likely N-dealkylation sites (tertiary alicyclic amines) is 1. The Morgan fingerprint density at radius 2 is 1.77 bits per heavy atom. The predicted molar refractivity (Wildman–Crippen MR) is 110 cm³/mol. The van der Waals surface area contributed by atoms with Gasteiger partial charge >= 0.3 is 18.0 Å². The fourth-order valence-electron chi connectivity index (χ4n) is 3.81. The monoisotopic (exact) mass is 419 g/mol. The van der Waals surface area contributed by atoms with Crippen molar-refractivity contribution in [3.63, 3.8) is 0 Å². The second-order valence-electron chi connectivity index (χ2n) is 7.03. The van der Waals surface area contributed by atoms with Gasteiger partial charge < -0.3 is 18.9 Å². The summed E-state index contributed by atoms with van der Waals surface area (Å²) < 4.78 is 20.1. The van der Waals surface area contributed by atoms with E-state index in [2.05, 4.69) is 0 Å². The van der Waals surface area contributed by atoms with Gasteiger partial charge in [0.15, 0.2) is 0 Å². The van der Waals surface area contributed by atoms with Crippen LogP contribution in [-0.2, 0) is 23.8 Å². The smallest absolute Gasteiger partial charge is 0.410 e. The molecule has 164 valence electrons. The maximum Gasteiger partial charge on any atom is 0.410 e. The SMILES string of the molecule is CCOC(=O)N1C[C@H](/C(C)=C/c2ccc(OC)cc2)[C@H](CC(=O)OC)[C@H]1C(=O)OC. The second kappa shape index (κ2) is 10.7. The van der Waals surface area contributed by atoms with Crippen LogP contribution in [0.3, 0.4) is 0 Å². The van der Waals surface area contributed by atoms with Crippen LogP contribution in [0.1, 0.15) is 25.8 Å². The minimum absolute atomic E-state index is 0.0232. The van der Waals surface area contributed by atoms with Gasteiger partial charge in [-0.05, 0) is 31.5 Å². The highest BCUT2D eigenvalue weighted by molar-refractivity contribution is 5.84. The van der Waals surface area contributed by atoms with Crippen molar-refractivity contribution in [2.75, 3.05) is 34.5 Å². The van der Waals surface area contributed by atoms with E-state index in [-0.39, 0.29) is 25.5 Å². The first-order valence-electron chi connectivity index (χ1n) is 9.76. The van der Waals surface area contributed by atoms with Gasteiger partial charge in [0.05, 0.1) is 34.4 Å². The predicted octanol–water partition coefficient (Wildman–Crippen LogP) is 2.91. The molecule has 0 N–H and O–H groups in total. The number of hydrogen-bond acceptors (Lipinski definition) is 7. The van der Waals surface area contributed by atoms with Gasteiger partial charge in [-0.1, -0.05) is 23.8 Å². The van der Waals surface area contributed by atoms with Crippen LogP contribution in [0.4, 0.5) is 4.79 Å². The number of amides is 1. The van der Waals surface area contributed by atoms with Gasteiger partial charge in [0.2, 0.25) is 0 Å². The Hall–Kier alpha value is -3.03. The number of carbonyl (C=O) groups excluding carboxylic acids is 3. The van der Waals surface area contributed by atoms with Crippen molar-refractivity contribution >= 4 is 24.1 Å². The lowest BCUT2D eigenvalue weighted by atomic mass is 9.82. The Bertz CT molecular complexity index is 787. The molecule has 1 heterocycles. The molecule has 0 aliphatic carbocycles. The summed E-state index contributed by atoms with van der Waals surface area (Å²) in [6, 6.07) is 6.59. The highest BCUT2D eigenvalue weighted by Gasteiger charge is 2.50. The van der Waals surface area contributed by atoms with Crippen LogP contribution >= 0.6 is 0 Å². The Balaban J connectivity index is 2.41. The first kappa shape index (κ1) is 23.3. The molecule has 0 bridgehead atoms. The number of hydrogen-bond donors (Lipinski definition) is 0. The molecule has 2 rings (SSSR count). The number of benzene rings is 1. The molecule has 0 saturated carbocycles. The average molecular weight is 419 g/mol. The first-order valence-corrected chi connectivity index (χ1v) is 9.76. The van der Waals surface area contributed by atoms with E-state index in [4.69, 9.17) is 18.9 Å². The van der Waals surface area contributed by atoms with Crippen LogP contribution in [0.2, 0.25) is 0 Å². The maximum atomic E-state index is 12.6. The summed E-state index contributed by atoms with van der Waals surface area (Å²) in [4.78, 5) is 38.5. The standard InChI is InChI=1S/C22H29NO7/c1-6-30-22(26)23-13-18(14(2)11-15-7-9-16(27-3)10-8-15)17(12-19(24)28-4)20(23)21(25)29-5/h7-11,17-18,20H,6,12-13H2,1-5H3/b14-11+/t17-,18+,20-/m0/s1. The van der Waals surface area contributed by atoms with E-state index in [1.54, 1.807) is 14.0 Å². The molecule has 1 aromatic carbocycles. The van der Waals surface area contributed by atoms with Crippen LogP contribution < -0.4 is 4.74 Å². The zero-order valence-electron chi connectivity index (χ0n) is 18.0. The molecule has 1 aliphatic heterocycles. The molecule has 8 nitrogen and oxygen atoms in total. The van der Waals surface area contributed by atoms with Gasteiger partial charge in [0, 0.05) is 18.4 Å². The molecule has 0 aromatic heterocycles. The van der Waals surface area contributed by atoms with Crippen molar-refractivity contribution in [1.29, 1.82) is 0 Å². The van der Waals surface area contributed by atoms with E-state index in [0.717, 1.165) is 16.9 Å². The molecule has 1 saturated heterocycles. The van der Waals surface area contributed by atoms with Crippen LogP contribution in [0.15, 0.2) is 29.8 Å². The van der Waals surface area contributed by atoms with Crippen molar-refractivity contribution in [3.05, 3.63) is 35.4 Å². The van der Waals surface area contributed by atoms with Crippen LogP contribution in [0.25, 0.3) is 6.08 Å². The summed E-state index contributed by atoms with van der Waals surface area (Å²) in [6.45, 7) is 4.02. The van der Waals surface area contributed by atoms with Gasteiger partial charge in [-0.25, -0.2) is 9.59 Å². The minimum Gasteiger partial charge on any atom is -0.497 e. The number of rotatable bonds is 7. The summed E-state index contributed by atoms with van der Waals surface area (Å²) in [5.41, 5.74) is 1.86. The Labute approximate surface area is 176 Å². The molecule has 3 atom stereocenters. The van der Waals surface area contributed by atoms with Gasteiger partial charge in [-0.2, -0.15) is 0 Å². The third kappa shape index (κ3) is 5.31. The summed E-state index contributed by atoms with van der Waals surface area (Å²) in [6.07, 6.45) is 1.34. The number of methoxy groups -OCH3 is 3. The van der Waals surface area contributed by atoms with E-state index < -0.39 is 30.0 Å². The Morgan fingerprint density at radius 3 is 2.30 bits per heavy atom. The zero-order chi connectivity index (χ0) is 22.3. The molecular weight excluding hydrogens is 390 g/mol. The van der Waals surface area contributed by atoms with Gasteiger partial charge in [0.25, 0.3) is 0 Å². The zero-order valence-corrected chi connectivity index (χ0v) is 18.0. The lowest BCUT2D eigenvalue weighted by molar-refractivity contribution is -0.148. The number of nitrogens with zero attached hydrogens (tertiary/aromatic N) is 1. The molecule has 1 aliphatic rings. The van der Waals surface area contributed by atoms with Crippen molar-refractivity contribution in [2.45, 2.75) is 26.3 Å². The van der Waals surface area contributed by atoms with Crippen LogP contribution in [0, 0.1) is 11.8 Å². The van der Waals surface area contributed by atoms with Crippen molar-refractivity contribution in [1.82, 2.24) is 4.90 Å². The molecule has 1 aromatic rings. The van der Waals surface area contributed by atoms with E-state index in [1.807, 2.05) is 37.3 Å².